The molecule has 3 rings (SSSR count). The Labute approximate surface area is 99.7 Å². The van der Waals surface area contributed by atoms with Crippen molar-refractivity contribution in [3.63, 3.8) is 0 Å². The third-order valence-corrected chi connectivity index (χ3v) is 4.22. The van der Waals surface area contributed by atoms with Crippen molar-refractivity contribution in [3.05, 3.63) is 18.0 Å². The van der Waals surface area contributed by atoms with E-state index >= 15 is 0 Å². The van der Waals surface area contributed by atoms with Crippen LogP contribution >= 0.6 is 0 Å². The average molecular weight is 235 g/mol. The molecule has 0 aliphatic heterocycles. The molecule has 2 fully saturated rings. The van der Waals surface area contributed by atoms with Crippen LogP contribution in [0, 0.1) is 17.8 Å². The second kappa shape index (κ2) is 4.14. The van der Waals surface area contributed by atoms with Gasteiger partial charge < -0.3 is 15.6 Å². The highest BCUT2D eigenvalue weighted by Crippen LogP contribution is 2.47. The van der Waals surface area contributed by atoms with E-state index in [4.69, 9.17) is 10.3 Å². The first kappa shape index (κ1) is 10.8. The average Bonchev–Trinajstić information content (AvgIpc) is 3.02. The predicted octanol–water partition coefficient (Wildman–Crippen LogP) is 0.664. The first-order chi connectivity index (χ1) is 8.25. The van der Waals surface area contributed by atoms with Crippen LogP contribution in [-0.4, -0.2) is 17.1 Å². The van der Waals surface area contributed by atoms with Crippen LogP contribution in [-0.2, 0) is 11.3 Å². The molecule has 0 radical (unpaired) electrons. The zero-order chi connectivity index (χ0) is 11.8. The van der Waals surface area contributed by atoms with Gasteiger partial charge in [-0.1, -0.05) is 5.16 Å². The van der Waals surface area contributed by atoms with E-state index in [1.54, 1.807) is 6.07 Å². The highest BCUT2D eigenvalue weighted by atomic mass is 16.5. The Bertz CT molecular complexity index is 402. The highest BCUT2D eigenvalue weighted by molar-refractivity contribution is 5.80. The molecule has 1 heterocycles. The Hall–Kier alpha value is -1.36. The second-order valence-electron chi connectivity index (χ2n) is 5.14. The van der Waals surface area contributed by atoms with E-state index in [-0.39, 0.29) is 17.9 Å². The van der Waals surface area contributed by atoms with Crippen molar-refractivity contribution < 1.29 is 9.32 Å². The zero-order valence-corrected chi connectivity index (χ0v) is 9.63. The molecule has 92 valence electrons. The smallest absolute Gasteiger partial charge is 0.225 e. The Morgan fingerprint density at radius 3 is 3.00 bits per heavy atom. The first-order valence-corrected chi connectivity index (χ1v) is 6.18. The number of carbonyl (C=O) groups is 1. The maximum Gasteiger partial charge on any atom is 0.225 e. The number of hydrogen-bond acceptors (Lipinski definition) is 4. The molecule has 1 aromatic heterocycles. The summed E-state index contributed by atoms with van der Waals surface area (Å²) in [5.74, 6) is 1.13. The van der Waals surface area contributed by atoms with Gasteiger partial charge in [-0.05, 0) is 31.1 Å². The second-order valence-corrected chi connectivity index (χ2v) is 5.14. The van der Waals surface area contributed by atoms with Crippen molar-refractivity contribution in [2.75, 3.05) is 0 Å². The fourth-order valence-electron chi connectivity index (χ4n) is 3.35. The van der Waals surface area contributed by atoms with Crippen LogP contribution in [0.1, 0.15) is 25.0 Å². The predicted molar refractivity (Wildman–Crippen MR) is 60.6 cm³/mol. The van der Waals surface area contributed by atoms with Gasteiger partial charge in [0.25, 0.3) is 0 Å². The summed E-state index contributed by atoms with van der Waals surface area (Å²) in [6.07, 6.45) is 4.98. The number of aromatic nitrogens is 1. The molecule has 5 heteroatoms. The first-order valence-electron chi connectivity index (χ1n) is 6.18. The number of nitrogens with one attached hydrogen (secondary N) is 1. The molecule has 1 amide bonds. The lowest BCUT2D eigenvalue weighted by molar-refractivity contribution is -0.127. The van der Waals surface area contributed by atoms with E-state index in [2.05, 4.69) is 10.5 Å². The molecule has 4 atom stereocenters. The Kier molecular flexibility index (Phi) is 2.63. The molecule has 2 saturated carbocycles. The molecule has 2 bridgehead atoms. The molecule has 2 aliphatic carbocycles. The van der Waals surface area contributed by atoms with Crippen molar-refractivity contribution >= 4 is 5.91 Å². The van der Waals surface area contributed by atoms with Gasteiger partial charge in [0.1, 0.15) is 12.0 Å². The Balaban J connectivity index is 1.59. The van der Waals surface area contributed by atoms with Crippen molar-refractivity contribution in [2.45, 2.75) is 31.8 Å². The van der Waals surface area contributed by atoms with E-state index in [1.807, 2.05) is 0 Å². The summed E-state index contributed by atoms with van der Waals surface area (Å²) >= 11 is 0. The molecule has 2 aliphatic rings. The number of amides is 1. The Morgan fingerprint density at radius 1 is 1.53 bits per heavy atom. The van der Waals surface area contributed by atoms with Gasteiger partial charge in [0.2, 0.25) is 5.91 Å². The van der Waals surface area contributed by atoms with E-state index < -0.39 is 0 Å². The fraction of sp³-hybridized carbons (Fsp3) is 0.667. The van der Waals surface area contributed by atoms with Gasteiger partial charge in [0.15, 0.2) is 0 Å². The minimum Gasteiger partial charge on any atom is -0.364 e. The van der Waals surface area contributed by atoms with Crippen LogP contribution in [0.3, 0.4) is 0 Å². The lowest BCUT2D eigenvalue weighted by Crippen LogP contribution is -2.45. The third-order valence-electron chi connectivity index (χ3n) is 4.22. The molecule has 4 unspecified atom stereocenters. The van der Waals surface area contributed by atoms with Gasteiger partial charge in [-0.15, -0.1) is 0 Å². The molecule has 3 N–H and O–H groups in total. The van der Waals surface area contributed by atoms with Crippen LogP contribution in [0.5, 0.6) is 0 Å². The van der Waals surface area contributed by atoms with Crippen molar-refractivity contribution in [3.8, 4) is 0 Å². The van der Waals surface area contributed by atoms with Gasteiger partial charge in [-0.25, -0.2) is 0 Å². The van der Waals surface area contributed by atoms with E-state index in [9.17, 15) is 4.79 Å². The van der Waals surface area contributed by atoms with Crippen LogP contribution in [0.4, 0.5) is 0 Å². The lowest BCUT2D eigenvalue weighted by Gasteiger charge is -2.26. The number of rotatable bonds is 3. The van der Waals surface area contributed by atoms with E-state index in [0.29, 0.717) is 18.4 Å². The minimum absolute atomic E-state index is 0.000603. The molecule has 5 nitrogen and oxygen atoms in total. The molecular weight excluding hydrogens is 218 g/mol. The number of hydrogen-bond donors (Lipinski definition) is 2. The third kappa shape index (κ3) is 1.84. The monoisotopic (exact) mass is 235 g/mol. The van der Waals surface area contributed by atoms with Crippen molar-refractivity contribution in [2.24, 2.45) is 23.5 Å². The summed E-state index contributed by atoms with van der Waals surface area (Å²) in [6.45, 7) is 0.427. The van der Waals surface area contributed by atoms with Crippen LogP contribution in [0.15, 0.2) is 16.9 Å². The van der Waals surface area contributed by atoms with Crippen molar-refractivity contribution in [1.29, 1.82) is 0 Å². The summed E-state index contributed by atoms with van der Waals surface area (Å²) in [4.78, 5) is 12.1. The SMILES string of the molecule is NC1C2CCC(C2)C1C(=O)NCc1ccon1. The number of carbonyl (C=O) groups excluding carboxylic acids is 1. The van der Waals surface area contributed by atoms with Crippen LogP contribution in [0.25, 0.3) is 0 Å². The molecule has 0 aromatic carbocycles. The summed E-state index contributed by atoms with van der Waals surface area (Å²) in [5, 5.41) is 6.66. The normalized spacial score (nSPS) is 35.1. The van der Waals surface area contributed by atoms with Gasteiger partial charge in [-0.3, -0.25) is 4.79 Å². The van der Waals surface area contributed by atoms with Gasteiger partial charge in [-0.2, -0.15) is 0 Å². The van der Waals surface area contributed by atoms with Crippen LogP contribution in [0.2, 0.25) is 0 Å². The minimum atomic E-state index is 0.000603. The maximum absolute atomic E-state index is 12.1. The highest BCUT2D eigenvalue weighted by Gasteiger charge is 2.48. The number of nitrogens with two attached hydrogens (primary N) is 1. The standard InChI is InChI=1S/C12H17N3O2/c13-11-8-2-1-7(5-8)10(11)12(16)14-6-9-3-4-17-15-9/h3-4,7-8,10-11H,1-2,5-6,13H2,(H,14,16). The number of nitrogens with zero attached hydrogens (tertiary/aromatic N) is 1. The quantitative estimate of drug-likeness (QED) is 0.806. The Morgan fingerprint density at radius 2 is 2.35 bits per heavy atom. The molecule has 1 aromatic rings. The zero-order valence-electron chi connectivity index (χ0n) is 9.63. The van der Waals surface area contributed by atoms with Gasteiger partial charge in [0, 0.05) is 12.1 Å². The summed E-state index contributed by atoms with van der Waals surface area (Å²) in [5.41, 5.74) is 6.86. The van der Waals surface area contributed by atoms with Crippen LogP contribution < -0.4 is 11.1 Å². The number of fused-ring (bicyclic) bond motifs is 2. The van der Waals surface area contributed by atoms with Crippen molar-refractivity contribution in [1.82, 2.24) is 10.5 Å². The van der Waals surface area contributed by atoms with Gasteiger partial charge in [0.05, 0.1) is 12.5 Å². The summed E-state index contributed by atoms with van der Waals surface area (Å²) in [7, 11) is 0. The van der Waals surface area contributed by atoms with Gasteiger partial charge >= 0.3 is 0 Å². The fourth-order valence-corrected chi connectivity index (χ4v) is 3.35. The maximum atomic E-state index is 12.1. The summed E-state index contributed by atoms with van der Waals surface area (Å²) < 4.78 is 4.72. The molecule has 17 heavy (non-hydrogen) atoms. The molecule has 0 spiro atoms. The topological polar surface area (TPSA) is 81.2 Å². The lowest BCUT2D eigenvalue weighted by atomic mass is 9.84. The van der Waals surface area contributed by atoms with E-state index in [0.717, 1.165) is 18.5 Å². The molecular formula is C12H17N3O2. The largest absolute Gasteiger partial charge is 0.364 e. The molecule has 0 saturated heterocycles. The summed E-state index contributed by atoms with van der Waals surface area (Å²) in [6, 6.07) is 1.80. The van der Waals surface area contributed by atoms with E-state index in [1.165, 1.54) is 12.7 Å².